The summed E-state index contributed by atoms with van der Waals surface area (Å²) in [6.45, 7) is 10.8. The molecule has 1 aromatic rings. The van der Waals surface area contributed by atoms with Crippen LogP contribution in [0.3, 0.4) is 0 Å². The second kappa shape index (κ2) is 5.29. The van der Waals surface area contributed by atoms with Gasteiger partial charge in [0.1, 0.15) is 5.01 Å². The average molecular weight is 256 g/mol. The van der Waals surface area contributed by atoms with Crippen LogP contribution in [-0.2, 0) is 11.3 Å². The van der Waals surface area contributed by atoms with E-state index in [0.29, 0.717) is 0 Å². The van der Waals surface area contributed by atoms with E-state index in [4.69, 9.17) is 4.74 Å². The molecule has 0 saturated carbocycles. The first-order chi connectivity index (χ1) is 8.12. The third kappa shape index (κ3) is 3.14. The lowest BCUT2D eigenvalue weighted by atomic mass is 10.0. The molecule has 6 heteroatoms. The fourth-order valence-corrected chi connectivity index (χ4v) is 2.71. The van der Waals surface area contributed by atoms with Gasteiger partial charge < -0.3 is 10.1 Å². The molecule has 0 bridgehead atoms. The van der Waals surface area contributed by atoms with Gasteiger partial charge in [0.15, 0.2) is 0 Å². The summed E-state index contributed by atoms with van der Waals surface area (Å²) in [5, 5.41) is 13.5. The van der Waals surface area contributed by atoms with Crippen molar-refractivity contribution in [1.29, 1.82) is 0 Å². The minimum Gasteiger partial charge on any atom is -0.378 e. The Morgan fingerprint density at radius 1 is 1.47 bits per heavy atom. The van der Waals surface area contributed by atoms with Gasteiger partial charge in [-0.3, -0.25) is 4.90 Å². The van der Waals surface area contributed by atoms with Crippen LogP contribution >= 0.6 is 11.3 Å². The lowest BCUT2D eigenvalue weighted by Gasteiger charge is -2.41. The van der Waals surface area contributed by atoms with Gasteiger partial charge in [-0.2, -0.15) is 0 Å². The fourth-order valence-electron chi connectivity index (χ4n) is 1.89. The third-order valence-electron chi connectivity index (χ3n) is 2.94. The molecular formula is C11H20N4OS. The lowest BCUT2D eigenvalue weighted by Crippen LogP contribution is -2.52. The predicted octanol–water partition coefficient (Wildman–Crippen LogP) is 1.58. The second-order valence-corrected chi connectivity index (χ2v) is 5.88. The highest BCUT2D eigenvalue weighted by molar-refractivity contribution is 7.15. The van der Waals surface area contributed by atoms with Crippen LogP contribution in [0.15, 0.2) is 0 Å². The lowest BCUT2D eigenvalue weighted by molar-refractivity contribution is -0.0553. The molecule has 96 valence electrons. The van der Waals surface area contributed by atoms with Crippen molar-refractivity contribution in [2.24, 2.45) is 0 Å². The molecule has 1 aromatic heterocycles. The van der Waals surface area contributed by atoms with E-state index in [-0.39, 0.29) is 5.54 Å². The molecule has 0 atom stereocenters. The molecule has 1 saturated heterocycles. The average Bonchev–Trinajstić information content (AvgIpc) is 2.70. The minimum absolute atomic E-state index is 0.0856. The zero-order chi connectivity index (χ0) is 12.3. The van der Waals surface area contributed by atoms with Crippen LogP contribution in [-0.4, -0.2) is 46.9 Å². The Labute approximate surface area is 106 Å². The van der Waals surface area contributed by atoms with Crippen molar-refractivity contribution in [2.75, 3.05) is 31.6 Å². The van der Waals surface area contributed by atoms with Gasteiger partial charge in [-0.1, -0.05) is 11.3 Å². The number of morpholine rings is 1. The first kappa shape index (κ1) is 12.7. The Kier molecular flexibility index (Phi) is 3.96. The Balaban J connectivity index is 1.98. The van der Waals surface area contributed by atoms with Gasteiger partial charge in [0, 0.05) is 18.6 Å². The number of hydrogen-bond donors (Lipinski definition) is 1. The minimum atomic E-state index is 0.0856. The number of nitrogens with one attached hydrogen (secondary N) is 1. The zero-order valence-corrected chi connectivity index (χ0v) is 11.5. The largest absolute Gasteiger partial charge is 0.378 e. The van der Waals surface area contributed by atoms with Crippen molar-refractivity contribution >= 4 is 16.5 Å². The number of nitrogens with zero attached hydrogens (tertiary/aromatic N) is 3. The van der Waals surface area contributed by atoms with Gasteiger partial charge in [-0.05, 0) is 20.8 Å². The summed E-state index contributed by atoms with van der Waals surface area (Å²) in [7, 11) is 0. The smallest absolute Gasteiger partial charge is 0.205 e. The van der Waals surface area contributed by atoms with Crippen LogP contribution in [0.2, 0.25) is 0 Å². The van der Waals surface area contributed by atoms with Gasteiger partial charge in [-0.15, -0.1) is 10.2 Å². The van der Waals surface area contributed by atoms with Crippen molar-refractivity contribution in [1.82, 2.24) is 15.1 Å². The van der Waals surface area contributed by atoms with Crippen molar-refractivity contribution in [2.45, 2.75) is 32.9 Å². The van der Waals surface area contributed by atoms with E-state index >= 15 is 0 Å². The third-order valence-corrected chi connectivity index (χ3v) is 3.80. The Hall–Kier alpha value is -0.720. The molecule has 0 aromatic carbocycles. The normalized spacial score (nSPS) is 20.4. The predicted molar refractivity (Wildman–Crippen MR) is 69.4 cm³/mol. The molecule has 0 spiro atoms. The maximum Gasteiger partial charge on any atom is 0.205 e. The SMILES string of the molecule is CCNc1nnc(CN2CCOCC2(C)C)s1. The maximum atomic E-state index is 5.51. The van der Waals surface area contributed by atoms with Gasteiger partial charge in [0.25, 0.3) is 0 Å². The molecular weight excluding hydrogens is 236 g/mol. The van der Waals surface area contributed by atoms with Crippen LogP contribution in [0.1, 0.15) is 25.8 Å². The monoisotopic (exact) mass is 256 g/mol. The van der Waals surface area contributed by atoms with Crippen molar-refractivity contribution in [3.8, 4) is 0 Å². The molecule has 1 aliphatic heterocycles. The molecule has 2 rings (SSSR count). The number of aromatic nitrogens is 2. The molecule has 2 heterocycles. The van der Waals surface area contributed by atoms with Crippen molar-refractivity contribution < 1.29 is 4.74 Å². The molecule has 17 heavy (non-hydrogen) atoms. The quantitative estimate of drug-likeness (QED) is 0.886. The van der Waals surface area contributed by atoms with E-state index in [9.17, 15) is 0 Å². The summed E-state index contributed by atoms with van der Waals surface area (Å²) in [5.41, 5.74) is 0.0856. The molecule has 0 unspecified atom stereocenters. The van der Waals surface area contributed by atoms with Crippen LogP contribution in [0, 0.1) is 0 Å². The number of rotatable bonds is 4. The van der Waals surface area contributed by atoms with Crippen LogP contribution in [0.5, 0.6) is 0 Å². The Morgan fingerprint density at radius 2 is 2.29 bits per heavy atom. The zero-order valence-electron chi connectivity index (χ0n) is 10.7. The van der Waals surface area contributed by atoms with E-state index in [0.717, 1.165) is 43.0 Å². The molecule has 0 amide bonds. The summed E-state index contributed by atoms with van der Waals surface area (Å²) in [5.74, 6) is 0. The molecule has 1 fully saturated rings. The maximum absolute atomic E-state index is 5.51. The van der Waals surface area contributed by atoms with Crippen LogP contribution in [0.25, 0.3) is 0 Å². The summed E-state index contributed by atoms with van der Waals surface area (Å²) in [6, 6.07) is 0. The highest BCUT2D eigenvalue weighted by Crippen LogP contribution is 2.24. The molecule has 0 radical (unpaired) electrons. The van der Waals surface area contributed by atoms with E-state index in [2.05, 4.69) is 41.2 Å². The number of ether oxygens (including phenoxy) is 1. The van der Waals surface area contributed by atoms with Gasteiger partial charge >= 0.3 is 0 Å². The highest BCUT2D eigenvalue weighted by Gasteiger charge is 2.31. The summed E-state index contributed by atoms with van der Waals surface area (Å²) >= 11 is 1.64. The first-order valence-electron chi connectivity index (χ1n) is 6.01. The van der Waals surface area contributed by atoms with E-state index in [1.54, 1.807) is 11.3 Å². The molecule has 0 aliphatic carbocycles. The van der Waals surface area contributed by atoms with E-state index < -0.39 is 0 Å². The molecule has 5 nitrogen and oxygen atoms in total. The van der Waals surface area contributed by atoms with Crippen LogP contribution in [0.4, 0.5) is 5.13 Å². The van der Waals surface area contributed by atoms with Gasteiger partial charge in [0.2, 0.25) is 5.13 Å². The second-order valence-electron chi connectivity index (χ2n) is 4.82. The highest BCUT2D eigenvalue weighted by atomic mass is 32.1. The van der Waals surface area contributed by atoms with Gasteiger partial charge in [0.05, 0.1) is 19.8 Å². The van der Waals surface area contributed by atoms with Crippen molar-refractivity contribution in [3.63, 3.8) is 0 Å². The number of hydrogen-bond acceptors (Lipinski definition) is 6. The standard InChI is InChI=1S/C11H20N4OS/c1-4-12-10-14-13-9(17-10)7-15-5-6-16-8-11(15,2)3/h4-8H2,1-3H3,(H,12,14). The fraction of sp³-hybridized carbons (Fsp3) is 0.818. The summed E-state index contributed by atoms with van der Waals surface area (Å²) in [6.07, 6.45) is 0. The van der Waals surface area contributed by atoms with Crippen molar-refractivity contribution in [3.05, 3.63) is 5.01 Å². The topological polar surface area (TPSA) is 50.3 Å². The van der Waals surface area contributed by atoms with Gasteiger partial charge in [-0.25, -0.2) is 0 Å². The van der Waals surface area contributed by atoms with Crippen LogP contribution < -0.4 is 5.32 Å². The van der Waals surface area contributed by atoms with E-state index in [1.807, 2.05) is 0 Å². The first-order valence-corrected chi connectivity index (χ1v) is 6.82. The number of anilines is 1. The van der Waals surface area contributed by atoms with E-state index in [1.165, 1.54) is 0 Å². The molecule has 1 N–H and O–H groups in total. The Morgan fingerprint density at radius 3 is 3.00 bits per heavy atom. The molecule has 1 aliphatic rings. The Bertz CT molecular complexity index is 366. The summed E-state index contributed by atoms with van der Waals surface area (Å²) in [4.78, 5) is 2.41. The summed E-state index contributed by atoms with van der Waals surface area (Å²) < 4.78 is 5.51.